The number of amides is 2. The topological polar surface area (TPSA) is 85.7 Å². The van der Waals surface area contributed by atoms with Gasteiger partial charge in [-0.1, -0.05) is 0 Å². The SMILES string of the molecule is COc1cc(OC)cc(C(=O)NCC2CCCN(C(=O)Cn3ccnc3)C2)c1. The third-order valence-corrected chi connectivity index (χ3v) is 4.91. The molecule has 1 aliphatic heterocycles. The van der Waals surface area contributed by atoms with Gasteiger partial charge in [-0.15, -0.1) is 0 Å². The molecule has 0 spiro atoms. The molecule has 8 nitrogen and oxygen atoms in total. The van der Waals surface area contributed by atoms with Crippen molar-refractivity contribution in [3.63, 3.8) is 0 Å². The molecule has 1 aliphatic rings. The summed E-state index contributed by atoms with van der Waals surface area (Å²) in [5.74, 6) is 1.26. The van der Waals surface area contributed by atoms with Crippen LogP contribution in [0.4, 0.5) is 0 Å². The fourth-order valence-electron chi connectivity index (χ4n) is 3.37. The minimum Gasteiger partial charge on any atom is -0.497 e. The van der Waals surface area contributed by atoms with Gasteiger partial charge < -0.3 is 24.3 Å². The van der Waals surface area contributed by atoms with Crippen molar-refractivity contribution in [2.45, 2.75) is 19.4 Å². The molecule has 0 saturated carbocycles. The number of rotatable bonds is 7. The number of nitrogens with zero attached hydrogens (tertiary/aromatic N) is 3. The number of imidazole rings is 1. The molecular formula is C20H26N4O4. The molecule has 150 valence electrons. The lowest BCUT2D eigenvalue weighted by molar-refractivity contribution is -0.133. The summed E-state index contributed by atoms with van der Waals surface area (Å²) in [6.45, 7) is 2.22. The van der Waals surface area contributed by atoms with E-state index in [0.717, 1.165) is 19.4 Å². The number of piperidine rings is 1. The predicted molar refractivity (Wildman–Crippen MR) is 103 cm³/mol. The van der Waals surface area contributed by atoms with E-state index < -0.39 is 0 Å². The number of aromatic nitrogens is 2. The first-order valence-electron chi connectivity index (χ1n) is 9.34. The van der Waals surface area contributed by atoms with Gasteiger partial charge in [0, 0.05) is 43.7 Å². The quantitative estimate of drug-likeness (QED) is 0.781. The van der Waals surface area contributed by atoms with Gasteiger partial charge in [0.05, 0.1) is 20.5 Å². The molecule has 1 fully saturated rings. The smallest absolute Gasteiger partial charge is 0.251 e. The second-order valence-corrected chi connectivity index (χ2v) is 6.89. The normalized spacial score (nSPS) is 16.5. The summed E-state index contributed by atoms with van der Waals surface area (Å²) in [4.78, 5) is 30.8. The summed E-state index contributed by atoms with van der Waals surface area (Å²) in [6.07, 6.45) is 7.00. The number of carbonyl (C=O) groups excluding carboxylic acids is 2. The monoisotopic (exact) mass is 386 g/mol. The van der Waals surface area contributed by atoms with Crippen LogP contribution in [-0.2, 0) is 11.3 Å². The number of methoxy groups -OCH3 is 2. The number of ether oxygens (including phenoxy) is 2. The van der Waals surface area contributed by atoms with Crippen molar-refractivity contribution in [2.75, 3.05) is 33.9 Å². The van der Waals surface area contributed by atoms with Crippen LogP contribution in [0.5, 0.6) is 11.5 Å². The lowest BCUT2D eigenvalue weighted by atomic mass is 9.97. The summed E-state index contributed by atoms with van der Waals surface area (Å²) in [6, 6.07) is 5.08. The number of hydrogen-bond donors (Lipinski definition) is 1. The van der Waals surface area contributed by atoms with E-state index in [1.165, 1.54) is 0 Å². The summed E-state index contributed by atoms with van der Waals surface area (Å²) >= 11 is 0. The molecule has 1 N–H and O–H groups in total. The van der Waals surface area contributed by atoms with Gasteiger partial charge in [-0.25, -0.2) is 4.98 Å². The van der Waals surface area contributed by atoms with Crippen LogP contribution in [-0.4, -0.2) is 60.1 Å². The number of carbonyl (C=O) groups is 2. The largest absolute Gasteiger partial charge is 0.497 e. The van der Waals surface area contributed by atoms with Crippen LogP contribution >= 0.6 is 0 Å². The molecule has 0 bridgehead atoms. The number of hydrogen-bond acceptors (Lipinski definition) is 5. The van der Waals surface area contributed by atoms with Gasteiger partial charge in [-0.2, -0.15) is 0 Å². The average molecular weight is 386 g/mol. The lowest BCUT2D eigenvalue weighted by Gasteiger charge is -2.33. The zero-order chi connectivity index (χ0) is 19.9. The van der Waals surface area contributed by atoms with Crippen LogP contribution in [0.3, 0.4) is 0 Å². The highest BCUT2D eigenvalue weighted by molar-refractivity contribution is 5.95. The van der Waals surface area contributed by atoms with Crippen molar-refractivity contribution >= 4 is 11.8 Å². The van der Waals surface area contributed by atoms with E-state index in [0.29, 0.717) is 36.7 Å². The molecule has 28 heavy (non-hydrogen) atoms. The highest BCUT2D eigenvalue weighted by Crippen LogP contribution is 2.23. The van der Waals surface area contributed by atoms with Gasteiger partial charge in [0.1, 0.15) is 18.0 Å². The van der Waals surface area contributed by atoms with Crippen LogP contribution in [0.25, 0.3) is 0 Å². The van der Waals surface area contributed by atoms with E-state index in [-0.39, 0.29) is 17.7 Å². The Hall–Kier alpha value is -3.03. The van der Waals surface area contributed by atoms with E-state index in [9.17, 15) is 9.59 Å². The highest BCUT2D eigenvalue weighted by Gasteiger charge is 2.24. The Morgan fingerprint density at radius 2 is 1.96 bits per heavy atom. The van der Waals surface area contributed by atoms with Gasteiger partial charge in [0.2, 0.25) is 5.91 Å². The van der Waals surface area contributed by atoms with Crippen LogP contribution < -0.4 is 14.8 Å². The second kappa shape index (κ2) is 9.25. The molecule has 1 saturated heterocycles. The van der Waals surface area contributed by atoms with Crippen molar-refractivity contribution in [3.05, 3.63) is 42.5 Å². The maximum absolute atomic E-state index is 12.5. The van der Waals surface area contributed by atoms with Crippen molar-refractivity contribution < 1.29 is 19.1 Å². The Labute approximate surface area is 164 Å². The number of nitrogens with one attached hydrogen (secondary N) is 1. The molecule has 0 radical (unpaired) electrons. The van der Waals surface area contributed by atoms with Crippen molar-refractivity contribution in [1.29, 1.82) is 0 Å². The Bertz CT molecular complexity index is 784. The van der Waals surface area contributed by atoms with Crippen molar-refractivity contribution in [2.24, 2.45) is 5.92 Å². The van der Waals surface area contributed by atoms with E-state index in [2.05, 4.69) is 10.3 Å². The van der Waals surface area contributed by atoms with Crippen molar-refractivity contribution in [3.8, 4) is 11.5 Å². The molecule has 1 atom stereocenters. The Morgan fingerprint density at radius 1 is 1.21 bits per heavy atom. The van der Waals surface area contributed by atoms with Crippen LogP contribution in [0.15, 0.2) is 36.9 Å². The Kier molecular flexibility index (Phi) is 6.52. The molecular weight excluding hydrogens is 360 g/mol. The maximum atomic E-state index is 12.5. The van der Waals surface area contributed by atoms with E-state index in [4.69, 9.17) is 9.47 Å². The Morgan fingerprint density at radius 3 is 2.61 bits per heavy atom. The summed E-state index contributed by atoms with van der Waals surface area (Å²) in [5, 5.41) is 2.97. The van der Waals surface area contributed by atoms with Crippen LogP contribution in [0.2, 0.25) is 0 Å². The second-order valence-electron chi connectivity index (χ2n) is 6.89. The van der Waals surface area contributed by atoms with E-state index in [1.807, 2.05) is 4.90 Å². The number of likely N-dealkylation sites (tertiary alicyclic amines) is 1. The highest BCUT2D eigenvalue weighted by atomic mass is 16.5. The molecule has 1 aromatic carbocycles. The third kappa shape index (κ3) is 5.03. The minimum absolute atomic E-state index is 0.0755. The summed E-state index contributed by atoms with van der Waals surface area (Å²) < 4.78 is 12.2. The minimum atomic E-state index is -0.181. The van der Waals surface area contributed by atoms with Crippen LogP contribution in [0.1, 0.15) is 23.2 Å². The fraction of sp³-hybridized carbons (Fsp3) is 0.450. The molecule has 0 aliphatic carbocycles. The molecule has 8 heteroatoms. The lowest BCUT2D eigenvalue weighted by Crippen LogP contribution is -2.44. The van der Waals surface area contributed by atoms with Gasteiger partial charge in [0.25, 0.3) is 5.91 Å². The van der Waals surface area contributed by atoms with Gasteiger partial charge >= 0.3 is 0 Å². The predicted octanol–water partition coefficient (Wildman–Crippen LogP) is 1.57. The van der Waals surface area contributed by atoms with Gasteiger partial charge in [-0.05, 0) is 30.9 Å². The first-order chi connectivity index (χ1) is 13.6. The number of benzene rings is 1. The first kappa shape index (κ1) is 19.7. The zero-order valence-corrected chi connectivity index (χ0v) is 16.3. The summed E-state index contributed by atoms with van der Waals surface area (Å²) in [5.41, 5.74) is 0.486. The zero-order valence-electron chi connectivity index (χ0n) is 16.3. The molecule has 1 unspecified atom stereocenters. The average Bonchev–Trinajstić information content (AvgIpc) is 3.24. The van der Waals surface area contributed by atoms with Gasteiger partial charge in [-0.3, -0.25) is 9.59 Å². The van der Waals surface area contributed by atoms with E-state index >= 15 is 0 Å². The molecule has 2 aromatic rings. The van der Waals surface area contributed by atoms with Crippen LogP contribution in [0, 0.1) is 5.92 Å². The molecule has 1 aromatic heterocycles. The van der Waals surface area contributed by atoms with Crippen molar-refractivity contribution in [1.82, 2.24) is 19.8 Å². The van der Waals surface area contributed by atoms with E-state index in [1.54, 1.807) is 55.7 Å². The molecule has 2 heterocycles. The fourth-order valence-corrected chi connectivity index (χ4v) is 3.37. The Balaban J connectivity index is 1.54. The summed E-state index contributed by atoms with van der Waals surface area (Å²) in [7, 11) is 3.10. The molecule has 3 rings (SSSR count). The standard InChI is InChI=1S/C20H26N4O4/c1-27-17-8-16(9-18(10-17)28-2)20(26)22-11-15-4-3-6-24(12-15)19(25)13-23-7-5-21-14-23/h5,7-10,14-15H,3-4,6,11-13H2,1-2H3,(H,22,26). The third-order valence-electron chi connectivity index (χ3n) is 4.91. The molecule has 2 amide bonds. The first-order valence-corrected chi connectivity index (χ1v) is 9.34. The maximum Gasteiger partial charge on any atom is 0.251 e. The van der Waals surface area contributed by atoms with Gasteiger partial charge in [0.15, 0.2) is 0 Å².